The van der Waals surface area contributed by atoms with E-state index in [0.717, 1.165) is 29.2 Å². The average molecular weight is 446 g/mol. The number of hydrogen-bond acceptors (Lipinski definition) is 5. The third-order valence-electron chi connectivity index (χ3n) is 5.67. The van der Waals surface area contributed by atoms with Crippen LogP contribution in [0.5, 0.6) is 5.75 Å². The molecule has 1 amide bonds. The molecule has 0 saturated carbocycles. The quantitative estimate of drug-likeness (QED) is 0.423. The zero-order valence-corrected chi connectivity index (χ0v) is 18.5. The van der Waals surface area contributed by atoms with E-state index in [2.05, 4.69) is 39.2 Å². The van der Waals surface area contributed by atoms with E-state index >= 15 is 0 Å². The lowest BCUT2D eigenvalue weighted by atomic mass is 10.00. The summed E-state index contributed by atoms with van der Waals surface area (Å²) in [5.74, 6) is 1.16. The normalized spacial score (nSPS) is 15.4. The lowest BCUT2D eigenvalue weighted by Crippen LogP contribution is -2.43. The summed E-state index contributed by atoms with van der Waals surface area (Å²) in [5, 5.41) is 8.96. The summed E-state index contributed by atoms with van der Waals surface area (Å²) in [6.07, 6.45) is 3.74. The monoisotopic (exact) mass is 445 g/mol. The van der Waals surface area contributed by atoms with E-state index in [1.165, 1.54) is 11.8 Å². The van der Waals surface area contributed by atoms with Crippen LogP contribution in [0.3, 0.4) is 0 Å². The van der Waals surface area contributed by atoms with Crippen LogP contribution in [-0.2, 0) is 11.3 Å². The molecule has 0 fully saturated rings. The standard InChI is InChI=1S/C24H23N5O2S/c1-31-20-11-9-19(10-12-20)29-17-25-26-24(29)32-16-22(30)28-15-14-27-13-5-8-21(27)23(28)18-6-3-2-4-7-18/h2-13,17,23H,14-16H2,1H3. The van der Waals surface area contributed by atoms with Crippen LogP contribution in [0.15, 0.2) is 84.4 Å². The minimum atomic E-state index is -0.0903. The van der Waals surface area contributed by atoms with Gasteiger partial charge in [0.15, 0.2) is 5.16 Å². The molecule has 1 aliphatic rings. The molecule has 2 aromatic carbocycles. The van der Waals surface area contributed by atoms with Crippen LogP contribution in [0.1, 0.15) is 17.3 Å². The van der Waals surface area contributed by atoms with Crippen molar-refractivity contribution in [2.24, 2.45) is 0 Å². The molecule has 8 heteroatoms. The number of ether oxygens (including phenoxy) is 1. The molecule has 32 heavy (non-hydrogen) atoms. The van der Waals surface area contributed by atoms with Crippen molar-refractivity contribution in [3.05, 3.63) is 90.5 Å². The summed E-state index contributed by atoms with van der Waals surface area (Å²) in [6, 6.07) is 21.9. The highest BCUT2D eigenvalue weighted by molar-refractivity contribution is 7.99. The van der Waals surface area contributed by atoms with Gasteiger partial charge in [0.2, 0.25) is 5.91 Å². The third kappa shape index (κ3) is 3.89. The van der Waals surface area contributed by atoms with E-state index in [-0.39, 0.29) is 11.9 Å². The molecule has 0 radical (unpaired) electrons. The number of rotatable bonds is 6. The van der Waals surface area contributed by atoms with Gasteiger partial charge < -0.3 is 14.2 Å². The highest BCUT2D eigenvalue weighted by Crippen LogP contribution is 2.33. The van der Waals surface area contributed by atoms with Crippen molar-refractivity contribution in [1.82, 2.24) is 24.2 Å². The van der Waals surface area contributed by atoms with E-state index in [9.17, 15) is 4.79 Å². The fourth-order valence-corrected chi connectivity index (χ4v) is 4.90. The predicted molar refractivity (Wildman–Crippen MR) is 123 cm³/mol. The highest BCUT2D eigenvalue weighted by Gasteiger charge is 2.32. The Hall–Kier alpha value is -3.52. The van der Waals surface area contributed by atoms with E-state index in [0.29, 0.717) is 17.5 Å². The van der Waals surface area contributed by atoms with Gasteiger partial charge in [-0.3, -0.25) is 9.36 Å². The first kappa shape index (κ1) is 20.4. The number of aromatic nitrogens is 4. The summed E-state index contributed by atoms with van der Waals surface area (Å²) in [4.78, 5) is 15.3. The molecular formula is C24H23N5O2S. The molecule has 1 unspecified atom stereocenters. The van der Waals surface area contributed by atoms with E-state index in [1.807, 2.05) is 58.0 Å². The summed E-state index contributed by atoms with van der Waals surface area (Å²) in [6.45, 7) is 1.47. The number of nitrogens with zero attached hydrogens (tertiary/aromatic N) is 5. The van der Waals surface area contributed by atoms with Gasteiger partial charge in [-0.25, -0.2) is 0 Å². The molecule has 3 heterocycles. The molecule has 4 aromatic rings. The summed E-state index contributed by atoms with van der Waals surface area (Å²) in [7, 11) is 1.64. The Bertz CT molecular complexity index is 1200. The van der Waals surface area contributed by atoms with Gasteiger partial charge in [-0.1, -0.05) is 42.1 Å². The maximum Gasteiger partial charge on any atom is 0.233 e. The number of methoxy groups -OCH3 is 1. The average Bonchev–Trinajstić information content (AvgIpc) is 3.52. The first-order valence-corrected chi connectivity index (χ1v) is 11.4. The molecule has 2 aromatic heterocycles. The largest absolute Gasteiger partial charge is 0.497 e. The number of carbonyl (C=O) groups is 1. The van der Waals surface area contributed by atoms with Gasteiger partial charge in [0.25, 0.3) is 0 Å². The molecule has 1 aliphatic heterocycles. The molecular weight excluding hydrogens is 422 g/mol. The molecule has 0 N–H and O–H groups in total. The second kappa shape index (κ2) is 8.92. The van der Waals surface area contributed by atoms with Gasteiger partial charge in [-0.05, 0) is 42.0 Å². The molecule has 5 rings (SSSR count). The van der Waals surface area contributed by atoms with Crippen LogP contribution < -0.4 is 4.74 Å². The molecule has 1 atom stereocenters. The van der Waals surface area contributed by atoms with Gasteiger partial charge in [-0.15, -0.1) is 10.2 Å². The van der Waals surface area contributed by atoms with Gasteiger partial charge in [0, 0.05) is 30.7 Å². The van der Waals surface area contributed by atoms with Crippen LogP contribution >= 0.6 is 11.8 Å². The van der Waals surface area contributed by atoms with Crippen LogP contribution in [0, 0.1) is 0 Å². The summed E-state index contributed by atoms with van der Waals surface area (Å²) >= 11 is 1.40. The lowest BCUT2D eigenvalue weighted by molar-refractivity contribution is -0.131. The zero-order chi connectivity index (χ0) is 21.9. The predicted octanol–water partition coefficient (Wildman–Crippen LogP) is 3.80. The number of carbonyl (C=O) groups excluding carboxylic acids is 1. The van der Waals surface area contributed by atoms with Crippen molar-refractivity contribution >= 4 is 17.7 Å². The van der Waals surface area contributed by atoms with Gasteiger partial charge in [0.1, 0.15) is 12.1 Å². The van der Waals surface area contributed by atoms with Crippen molar-refractivity contribution in [3.63, 3.8) is 0 Å². The Kier molecular flexibility index (Phi) is 5.68. The molecule has 0 aliphatic carbocycles. The Morgan fingerprint density at radius 3 is 2.66 bits per heavy atom. The third-order valence-corrected chi connectivity index (χ3v) is 6.59. The molecule has 0 spiro atoms. The SMILES string of the molecule is COc1ccc(-n2cnnc2SCC(=O)N2CCn3cccc3C2c2ccccc2)cc1. The Morgan fingerprint density at radius 2 is 1.88 bits per heavy atom. The maximum absolute atomic E-state index is 13.4. The van der Waals surface area contributed by atoms with E-state index < -0.39 is 0 Å². The van der Waals surface area contributed by atoms with Gasteiger partial charge in [-0.2, -0.15) is 0 Å². The fourth-order valence-electron chi connectivity index (χ4n) is 4.09. The van der Waals surface area contributed by atoms with Crippen LogP contribution in [0.25, 0.3) is 5.69 Å². The molecule has 0 bridgehead atoms. The Morgan fingerprint density at radius 1 is 1.06 bits per heavy atom. The minimum absolute atomic E-state index is 0.0839. The summed E-state index contributed by atoms with van der Waals surface area (Å²) in [5.41, 5.74) is 3.18. The number of benzene rings is 2. The highest BCUT2D eigenvalue weighted by atomic mass is 32.2. The number of fused-ring (bicyclic) bond motifs is 1. The Balaban J connectivity index is 1.35. The van der Waals surface area contributed by atoms with Gasteiger partial charge in [0.05, 0.1) is 18.9 Å². The molecule has 162 valence electrons. The second-order valence-electron chi connectivity index (χ2n) is 7.50. The second-order valence-corrected chi connectivity index (χ2v) is 8.44. The van der Waals surface area contributed by atoms with E-state index in [4.69, 9.17) is 4.74 Å². The Labute approximate surface area is 190 Å². The van der Waals surface area contributed by atoms with Crippen LogP contribution in [0.4, 0.5) is 0 Å². The molecule has 7 nitrogen and oxygen atoms in total. The topological polar surface area (TPSA) is 65.2 Å². The number of hydrogen-bond donors (Lipinski definition) is 0. The van der Waals surface area contributed by atoms with Gasteiger partial charge >= 0.3 is 0 Å². The first-order valence-electron chi connectivity index (χ1n) is 10.4. The number of thioether (sulfide) groups is 1. The molecule has 0 saturated heterocycles. The van der Waals surface area contributed by atoms with Crippen molar-refractivity contribution < 1.29 is 9.53 Å². The van der Waals surface area contributed by atoms with E-state index in [1.54, 1.807) is 13.4 Å². The zero-order valence-electron chi connectivity index (χ0n) is 17.7. The fraction of sp³-hybridized carbons (Fsp3) is 0.208. The van der Waals surface area contributed by atoms with Crippen LogP contribution in [-0.4, -0.2) is 49.5 Å². The minimum Gasteiger partial charge on any atom is -0.497 e. The van der Waals surface area contributed by atoms with Crippen molar-refractivity contribution in [2.45, 2.75) is 17.7 Å². The first-order chi connectivity index (χ1) is 15.7. The maximum atomic E-state index is 13.4. The summed E-state index contributed by atoms with van der Waals surface area (Å²) < 4.78 is 9.34. The van der Waals surface area contributed by atoms with Crippen molar-refractivity contribution in [1.29, 1.82) is 0 Å². The van der Waals surface area contributed by atoms with Crippen LogP contribution in [0.2, 0.25) is 0 Å². The smallest absolute Gasteiger partial charge is 0.233 e. The lowest BCUT2D eigenvalue weighted by Gasteiger charge is -2.37. The van der Waals surface area contributed by atoms with Crippen molar-refractivity contribution in [2.75, 3.05) is 19.4 Å². The van der Waals surface area contributed by atoms with Crippen molar-refractivity contribution in [3.8, 4) is 11.4 Å². The number of amides is 1.